The van der Waals surface area contributed by atoms with Gasteiger partial charge in [-0.25, -0.2) is 4.79 Å². The number of amides is 1. The molecular formula is C15H20N2O3. The summed E-state index contributed by atoms with van der Waals surface area (Å²) >= 11 is 0. The van der Waals surface area contributed by atoms with Gasteiger partial charge in [0, 0.05) is 0 Å². The highest BCUT2D eigenvalue weighted by Gasteiger charge is 2.42. The summed E-state index contributed by atoms with van der Waals surface area (Å²) in [5, 5.41) is 3.31. The van der Waals surface area contributed by atoms with E-state index in [1.54, 1.807) is 4.90 Å². The number of benzene rings is 1. The van der Waals surface area contributed by atoms with Crippen LogP contribution in [0.1, 0.15) is 18.4 Å². The lowest BCUT2D eigenvalue weighted by Crippen LogP contribution is -2.45. The van der Waals surface area contributed by atoms with Crippen LogP contribution in [0.4, 0.5) is 4.79 Å². The van der Waals surface area contributed by atoms with Crippen molar-refractivity contribution in [2.24, 2.45) is 0 Å². The van der Waals surface area contributed by atoms with Crippen molar-refractivity contribution in [1.82, 2.24) is 10.2 Å². The third kappa shape index (κ3) is 2.94. The van der Waals surface area contributed by atoms with Crippen molar-refractivity contribution in [3.8, 4) is 0 Å². The van der Waals surface area contributed by atoms with E-state index in [1.165, 1.54) is 0 Å². The first-order valence-electron chi connectivity index (χ1n) is 7.08. The SMILES string of the molecule is O=C(OCc1ccccc1)N1COC2(CCNCC2)C1. The van der Waals surface area contributed by atoms with Gasteiger partial charge in [0.15, 0.2) is 0 Å². The van der Waals surface area contributed by atoms with E-state index in [0.29, 0.717) is 19.9 Å². The average molecular weight is 276 g/mol. The molecule has 2 heterocycles. The number of nitrogens with zero attached hydrogens (tertiary/aromatic N) is 1. The molecule has 1 amide bonds. The molecule has 108 valence electrons. The van der Waals surface area contributed by atoms with Crippen molar-refractivity contribution in [3.63, 3.8) is 0 Å². The van der Waals surface area contributed by atoms with Gasteiger partial charge >= 0.3 is 6.09 Å². The van der Waals surface area contributed by atoms with E-state index in [-0.39, 0.29) is 11.7 Å². The molecule has 1 aromatic rings. The molecule has 5 nitrogen and oxygen atoms in total. The van der Waals surface area contributed by atoms with Crippen molar-refractivity contribution < 1.29 is 14.3 Å². The lowest BCUT2D eigenvalue weighted by molar-refractivity contribution is -0.0164. The number of rotatable bonds is 2. The van der Waals surface area contributed by atoms with E-state index in [1.807, 2.05) is 30.3 Å². The summed E-state index contributed by atoms with van der Waals surface area (Å²) in [6, 6.07) is 9.71. The van der Waals surface area contributed by atoms with Gasteiger partial charge in [0.05, 0.1) is 12.1 Å². The zero-order chi connectivity index (χ0) is 13.8. The minimum Gasteiger partial charge on any atom is -0.444 e. The number of carbonyl (C=O) groups is 1. The quantitative estimate of drug-likeness (QED) is 0.894. The standard InChI is InChI=1S/C15H20N2O3/c18-14(19-10-13-4-2-1-3-5-13)17-11-15(20-12-17)6-8-16-9-7-15/h1-5,16H,6-12H2. The average Bonchev–Trinajstić information content (AvgIpc) is 2.90. The van der Waals surface area contributed by atoms with Gasteiger partial charge in [0.1, 0.15) is 13.3 Å². The number of piperidine rings is 1. The molecule has 0 aromatic heterocycles. The van der Waals surface area contributed by atoms with Crippen LogP contribution in [-0.4, -0.2) is 43.0 Å². The topological polar surface area (TPSA) is 50.8 Å². The van der Waals surface area contributed by atoms with E-state index < -0.39 is 0 Å². The smallest absolute Gasteiger partial charge is 0.412 e. The van der Waals surface area contributed by atoms with Crippen molar-refractivity contribution in [2.45, 2.75) is 25.0 Å². The van der Waals surface area contributed by atoms with Crippen LogP contribution < -0.4 is 5.32 Å². The second-order valence-electron chi connectivity index (χ2n) is 5.44. The molecule has 0 saturated carbocycles. The molecule has 0 radical (unpaired) electrons. The third-order valence-corrected chi connectivity index (χ3v) is 3.98. The molecule has 1 aromatic carbocycles. The monoisotopic (exact) mass is 276 g/mol. The molecule has 3 rings (SSSR count). The summed E-state index contributed by atoms with van der Waals surface area (Å²) in [5.41, 5.74) is 0.842. The highest BCUT2D eigenvalue weighted by molar-refractivity contribution is 5.68. The first-order valence-corrected chi connectivity index (χ1v) is 7.08. The maximum atomic E-state index is 12.1. The molecule has 20 heavy (non-hydrogen) atoms. The van der Waals surface area contributed by atoms with Gasteiger partial charge in [-0.1, -0.05) is 30.3 Å². The Morgan fingerprint density at radius 2 is 2.05 bits per heavy atom. The highest BCUT2D eigenvalue weighted by atomic mass is 16.6. The lowest BCUT2D eigenvalue weighted by Gasteiger charge is -2.31. The molecular weight excluding hydrogens is 256 g/mol. The summed E-state index contributed by atoms with van der Waals surface area (Å²) in [4.78, 5) is 13.7. The Labute approximate surface area is 118 Å². The number of hydrogen-bond donors (Lipinski definition) is 1. The largest absolute Gasteiger partial charge is 0.444 e. The van der Waals surface area contributed by atoms with Crippen LogP contribution in [0.15, 0.2) is 30.3 Å². The Morgan fingerprint density at radius 1 is 1.30 bits per heavy atom. The molecule has 0 bridgehead atoms. The lowest BCUT2D eigenvalue weighted by atomic mass is 9.92. The van der Waals surface area contributed by atoms with E-state index >= 15 is 0 Å². The van der Waals surface area contributed by atoms with Crippen molar-refractivity contribution >= 4 is 6.09 Å². The third-order valence-electron chi connectivity index (χ3n) is 3.98. The molecule has 2 aliphatic rings. The van der Waals surface area contributed by atoms with Crippen LogP contribution in [-0.2, 0) is 16.1 Å². The van der Waals surface area contributed by atoms with Gasteiger partial charge in [-0.15, -0.1) is 0 Å². The molecule has 5 heteroatoms. The van der Waals surface area contributed by atoms with Gasteiger partial charge in [0.2, 0.25) is 0 Å². The van der Waals surface area contributed by atoms with Gasteiger partial charge in [-0.2, -0.15) is 0 Å². The number of carbonyl (C=O) groups excluding carboxylic acids is 1. The summed E-state index contributed by atoms with van der Waals surface area (Å²) in [6.07, 6.45) is 1.62. The summed E-state index contributed by atoms with van der Waals surface area (Å²) in [6.45, 7) is 3.19. The Hall–Kier alpha value is -1.59. The van der Waals surface area contributed by atoms with Gasteiger partial charge < -0.3 is 14.8 Å². The van der Waals surface area contributed by atoms with E-state index in [0.717, 1.165) is 31.5 Å². The van der Waals surface area contributed by atoms with E-state index in [9.17, 15) is 4.79 Å². The van der Waals surface area contributed by atoms with Crippen LogP contribution in [0, 0.1) is 0 Å². The molecule has 1 N–H and O–H groups in total. The molecule has 0 aliphatic carbocycles. The fourth-order valence-electron chi connectivity index (χ4n) is 2.77. The first-order chi connectivity index (χ1) is 9.77. The highest BCUT2D eigenvalue weighted by Crippen LogP contribution is 2.30. The molecule has 1 spiro atoms. The van der Waals surface area contributed by atoms with E-state index in [4.69, 9.17) is 9.47 Å². The molecule has 2 fully saturated rings. The van der Waals surface area contributed by atoms with Crippen LogP contribution in [0.3, 0.4) is 0 Å². The Kier molecular flexibility index (Phi) is 3.89. The molecule has 0 atom stereocenters. The van der Waals surface area contributed by atoms with Gasteiger partial charge in [-0.05, 0) is 31.5 Å². The zero-order valence-corrected chi connectivity index (χ0v) is 11.5. The van der Waals surface area contributed by atoms with Crippen molar-refractivity contribution in [1.29, 1.82) is 0 Å². The van der Waals surface area contributed by atoms with Crippen LogP contribution in [0.25, 0.3) is 0 Å². The summed E-state index contributed by atoms with van der Waals surface area (Å²) in [5.74, 6) is 0. The van der Waals surface area contributed by atoms with Crippen LogP contribution >= 0.6 is 0 Å². The zero-order valence-electron chi connectivity index (χ0n) is 11.5. The molecule has 2 saturated heterocycles. The summed E-state index contributed by atoms with van der Waals surface area (Å²) < 4.78 is 11.2. The fraction of sp³-hybridized carbons (Fsp3) is 0.533. The van der Waals surface area contributed by atoms with Crippen molar-refractivity contribution in [2.75, 3.05) is 26.4 Å². The number of hydrogen-bond acceptors (Lipinski definition) is 4. The van der Waals surface area contributed by atoms with Crippen LogP contribution in [0.2, 0.25) is 0 Å². The first kappa shape index (κ1) is 13.4. The van der Waals surface area contributed by atoms with Gasteiger partial charge in [-0.3, -0.25) is 4.90 Å². The Balaban J connectivity index is 1.51. The maximum absolute atomic E-state index is 12.1. The predicted octanol–water partition coefficient (Wildman–Crippen LogP) is 1.74. The van der Waals surface area contributed by atoms with Crippen molar-refractivity contribution in [3.05, 3.63) is 35.9 Å². The Morgan fingerprint density at radius 3 is 2.80 bits per heavy atom. The summed E-state index contributed by atoms with van der Waals surface area (Å²) in [7, 11) is 0. The van der Waals surface area contributed by atoms with Crippen LogP contribution in [0.5, 0.6) is 0 Å². The van der Waals surface area contributed by atoms with Gasteiger partial charge in [0.25, 0.3) is 0 Å². The van der Waals surface area contributed by atoms with E-state index in [2.05, 4.69) is 5.32 Å². The normalized spacial score (nSPS) is 21.1. The predicted molar refractivity (Wildman–Crippen MR) is 74.1 cm³/mol. The minimum absolute atomic E-state index is 0.156. The Bertz CT molecular complexity index is 457. The maximum Gasteiger partial charge on any atom is 0.412 e. The second kappa shape index (κ2) is 5.81. The molecule has 2 aliphatic heterocycles. The number of ether oxygens (including phenoxy) is 2. The fourth-order valence-corrected chi connectivity index (χ4v) is 2.77. The second-order valence-corrected chi connectivity index (χ2v) is 5.44. The minimum atomic E-state index is -0.288. The molecule has 0 unspecified atom stereocenters. The number of nitrogens with one attached hydrogen (secondary N) is 1.